The van der Waals surface area contributed by atoms with Crippen LogP contribution in [0.5, 0.6) is 5.75 Å². The minimum Gasteiger partial charge on any atom is -0.494 e. The summed E-state index contributed by atoms with van der Waals surface area (Å²) in [5.74, 6) is -0.0630. The van der Waals surface area contributed by atoms with Gasteiger partial charge in [0, 0.05) is 25.0 Å². The normalized spacial score (nSPS) is 12.4. The Kier molecular flexibility index (Phi) is 4.79. The van der Waals surface area contributed by atoms with Crippen molar-refractivity contribution in [2.45, 2.75) is 32.4 Å². The number of methoxy groups -OCH3 is 1. The molecule has 0 fully saturated rings. The lowest BCUT2D eigenvalue weighted by molar-refractivity contribution is 0.386. The lowest BCUT2D eigenvalue weighted by Crippen LogP contribution is -2.08. The van der Waals surface area contributed by atoms with E-state index in [-0.39, 0.29) is 17.6 Å². The number of aromatic nitrogens is 1. The second-order valence-electron chi connectivity index (χ2n) is 4.98. The van der Waals surface area contributed by atoms with E-state index in [0.717, 1.165) is 24.0 Å². The van der Waals surface area contributed by atoms with E-state index in [1.165, 1.54) is 13.2 Å². The number of hydrogen-bond donors (Lipinski definition) is 1. The summed E-state index contributed by atoms with van der Waals surface area (Å²) in [5, 5.41) is 0. The molecule has 2 rings (SSSR count). The monoisotopic (exact) mass is 276 g/mol. The second-order valence-corrected chi connectivity index (χ2v) is 4.98. The number of ether oxygens (including phenoxy) is 1. The van der Waals surface area contributed by atoms with Crippen molar-refractivity contribution in [3.8, 4) is 5.75 Å². The molecule has 0 saturated heterocycles. The second kappa shape index (κ2) is 6.57. The molecule has 0 amide bonds. The zero-order chi connectivity index (χ0) is 14.5. The van der Waals surface area contributed by atoms with Gasteiger partial charge in [-0.15, -0.1) is 0 Å². The van der Waals surface area contributed by atoms with Gasteiger partial charge in [-0.2, -0.15) is 0 Å². The average molecular weight is 276 g/mol. The summed E-state index contributed by atoms with van der Waals surface area (Å²) in [4.78, 5) is 0. The third kappa shape index (κ3) is 3.39. The number of benzene rings is 1. The Labute approximate surface area is 119 Å². The smallest absolute Gasteiger partial charge is 0.165 e. The number of hydrogen-bond acceptors (Lipinski definition) is 2. The van der Waals surface area contributed by atoms with Gasteiger partial charge in [0.1, 0.15) is 0 Å². The van der Waals surface area contributed by atoms with Gasteiger partial charge in [-0.1, -0.05) is 19.4 Å². The zero-order valence-electron chi connectivity index (χ0n) is 12.0. The average Bonchev–Trinajstić information content (AvgIpc) is 2.88. The highest BCUT2D eigenvalue weighted by Gasteiger charge is 2.08. The van der Waals surface area contributed by atoms with Crippen LogP contribution in [0.2, 0.25) is 0 Å². The van der Waals surface area contributed by atoms with Crippen LogP contribution in [0.15, 0.2) is 36.7 Å². The lowest BCUT2D eigenvalue weighted by atomic mass is 10.1. The quantitative estimate of drug-likeness (QED) is 0.877. The van der Waals surface area contributed by atoms with Crippen molar-refractivity contribution < 1.29 is 9.13 Å². The van der Waals surface area contributed by atoms with Crippen molar-refractivity contribution in [3.05, 3.63) is 53.6 Å². The predicted molar refractivity (Wildman–Crippen MR) is 78.3 cm³/mol. The van der Waals surface area contributed by atoms with Gasteiger partial charge in [0.2, 0.25) is 0 Å². The molecule has 108 valence electrons. The van der Waals surface area contributed by atoms with Crippen molar-refractivity contribution in [1.29, 1.82) is 0 Å². The van der Waals surface area contributed by atoms with Gasteiger partial charge in [0.05, 0.1) is 7.11 Å². The van der Waals surface area contributed by atoms with Crippen LogP contribution in [0.25, 0.3) is 0 Å². The topological polar surface area (TPSA) is 40.2 Å². The summed E-state index contributed by atoms with van der Waals surface area (Å²) >= 11 is 0. The van der Waals surface area contributed by atoms with E-state index in [2.05, 4.69) is 6.92 Å². The fourth-order valence-electron chi connectivity index (χ4n) is 2.27. The Morgan fingerprint density at radius 1 is 1.35 bits per heavy atom. The fourth-order valence-corrected chi connectivity index (χ4v) is 2.27. The van der Waals surface area contributed by atoms with Gasteiger partial charge in [0.15, 0.2) is 11.6 Å². The molecule has 0 aliphatic rings. The molecule has 1 aromatic heterocycles. The molecule has 0 radical (unpaired) electrons. The van der Waals surface area contributed by atoms with Crippen molar-refractivity contribution in [3.63, 3.8) is 0 Å². The molecule has 1 aromatic carbocycles. The highest BCUT2D eigenvalue weighted by Crippen LogP contribution is 2.20. The molecule has 2 aromatic rings. The summed E-state index contributed by atoms with van der Waals surface area (Å²) in [5.41, 5.74) is 8.11. The number of halogens is 1. The molecule has 0 spiro atoms. The molecule has 1 unspecified atom stereocenters. The molecule has 4 heteroatoms. The minimum absolute atomic E-state index is 0.0776. The Hall–Kier alpha value is -1.81. The van der Waals surface area contributed by atoms with E-state index in [9.17, 15) is 4.39 Å². The standard InChI is InChI=1S/C16H21FN2O/c1-3-4-15(18)13-7-8-19(11-13)10-12-5-6-16(20-2)14(17)9-12/h5-9,11,15H,3-4,10,18H2,1-2H3. The molecular formula is C16H21FN2O. The van der Waals surface area contributed by atoms with E-state index in [1.54, 1.807) is 6.07 Å². The first kappa shape index (κ1) is 14.6. The van der Waals surface area contributed by atoms with E-state index < -0.39 is 0 Å². The number of nitrogens with zero attached hydrogens (tertiary/aromatic N) is 1. The predicted octanol–water partition coefficient (Wildman–Crippen LogP) is 3.48. The van der Waals surface area contributed by atoms with Gasteiger partial charge in [-0.3, -0.25) is 0 Å². The summed E-state index contributed by atoms with van der Waals surface area (Å²) in [6.07, 6.45) is 6.05. The van der Waals surface area contributed by atoms with Crippen LogP contribution in [0.3, 0.4) is 0 Å². The summed E-state index contributed by atoms with van der Waals surface area (Å²) in [6.45, 7) is 2.75. The first-order valence-corrected chi connectivity index (χ1v) is 6.87. The Balaban J connectivity index is 2.08. The summed E-state index contributed by atoms with van der Waals surface area (Å²) < 4.78 is 20.6. The molecule has 1 heterocycles. The molecule has 2 N–H and O–H groups in total. The van der Waals surface area contributed by atoms with Crippen molar-refractivity contribution in [2.24, 2.45) is 5.73 Å². The van der Waals surface area contributed by atoms with Crippen LogP contribution in [0.1, 0.15) is 36.9 Å². The SMILES string of the molecule is CCCC(N)c1ccn(Cc2ccc(OC)c(F)c2)c1. The minimum atomic E-state index is -0.333. The summed E-state index contributed by atoms with van der Waals surface area (Å²) in [7, 11) is 1.46. The number of rotatable bonds is 6. The fraction of sp³-hybridized carbons (Fsp3) is 0.375. The van der Waals surface area contributed by atoms with Gasteiger partial charge in [0.25, 0.3) is 0 Å². The van der Waals surface area contributed by atoms with E-state index >= 15 is 0 Å². The molecule has 0 bridgehead atoms. The largest absolute Gasteiger partial charge is 0.494 e. The van der Waals surface area contributed by atoms with Crippen LogP contribution in [-0.2, 0) is 6.54 Å². The Morgan fingerprint density at radius 2 is 2.15 bits per heavy atom. The van der Waals surface area contributed by atoms with Crippen LogP contribution >= 0.6 is 0 Å². The van der Waals surface area contributed by atoms with Crippen molar-refractivity contribution in [2.75, 3.05) is 7.11 Å². The van der Waals surface area contributed by atoms with Gasteiger partial charge >= 0.3 is 0 Å². The molecule has 0 aliphatic heterocycles. The van der Waals surface area contributed by atoms with Gasteiger partial charge in [-0.25, -0.2) is 4.39 Å². The van der Waals surface area contributed by atoms with Gasteiger partial charge < -0.3 is 15.0 Å². The maximum absolute atomic E-state index is 13.6. The molecule has 20 heavy (non-hydrogen) atoms. The van der Waals surface area contributed by atoms with Crippen LogP contribution in [0, 0.1) is 5.82 Å². The van der Waals surface area contributed by atoms with Crippen LogP contribution < -0.4 is 10.5 Å². The number of nitrogens with two attached hydrogens (primary N) is 1. The van der Waals surface area contributed by atoms with E-state index in [1.807, 2.05) is 29.1 Å². The Bertz CT molecular complexity index is 565. The molecule has 1 atom stereocenters. The third-order valence-electron chi connectivity index (χ3n) is 3.38. The maximum atomic E-state index is 13.6. The lowest BCUT2D eigenvalue weighted by Gasteiger charge is -2.08. The first-order valence-electron chi connectivity index (χ1n) is 6.87. The molecule has 0 aliphatic carbocycles. The van der Waals surface area contributed by atoms with Crippen molar-refractivity contribution >= 4 is 0 Å². The molecule has 0 saturated carbocycles. The highest BCUT2D eigenvalue weighted by atomic mass is 19.1. The van der Waals surface area contributed by atoms with E-state index in [4.69, 9.17) is 10.5 Å². The first-order chi connectivity index (χ1) is 9.63. The zero-order valence-corrected chi connectivity index (χ0v) is 12.0. The maximum Gasteiger partial charge on any atom is 0.165 e. The Morgan fingerprint density at radius 3 is 2.80 bits per heavy atom. The molecule has 3 nitrogen and oxygen atoms in total. The molecular weight excluding hydrogens is 255 g/mol. The van der Waals surface area contributed by atoms with Crippen LogP contribution in [0.4, 0.5) is 4.39 Å². The van der Waals surface area contributed by atoms with Crippen molar-refractivity contribution in [1.82, 2.24) is 4.57 Å². The van der Waals surface area contributed by atoms with E-state index in [0.29, 0.717) is 6.54 Å². The van der Waals surface area contributed by atoms with Gasteiger partial charge in [-0.05, 0) is 35.7 Å². The highest BCUT2D eigenvalue weighted by molar-refractivity contribution is 5.29. The summed E-state index contributed by atoms with van der Waals surface area (Å²) in [6, 6.07) is 7.13. The van der Waals surface area contributed by atoms with Crippen LogP contribution in [-0.4, -0.2) is 11.7 Å². The third-order valence-corrected chi connectivity index (χ3v) is 3.38.